The largest absolute Gasteiger partial charge is 0.294 e. The standard InChI is InChI=1S/C15H16OS/c1-3-11(4-2)14(16)9-12-10-17-15-8-6-5-7-13(12)15/h3,5-8,10H,4,9H2,1-2H3/b11-3-. The Morgan fingerprint density at radius 3 is 2.82 bits per heavy atom. The van der Waals surface area contributed by atoms with Crippen LogP contribution >= 0.6 is 11.3 Å². The third kappa shape index (κ3) is 2.47. The van der Waals surface area contributed by atoms with Gasteiger partial charge in [-0.3, -0.25) is 4.79 Å². The molecule has 1 heterocycles. The van der Waals surface area contributed by atoms with E-state index in [1.165, 1.54) is 10.1 Å². The average Bonchev–Trinajstić information content (AvgIpc) is 2.74. The molecule has 1 aromatic heterocycles. The maximum atomic E-state index is 12.1. The highest BCUT2D eigenvalue weighted by Crippen LogP contribution is 2.26. The van der Waals surface area contributed by atoms with Crippen molar-refractivity contribution in [1.82, 2.24) is 0 Å². The Hall–Kier alpha value is -1.41. The van der Waals surface area contributed by atoms with Gasteiger partial charge in [-0.15, -0.1) is 11.3 Å². The number of hydrogen-bond acceptors (Lipinski definition) is 2. The van der Waals surface area contributed by atoms with Crippen LogP contribution in [0.15, 0.2) is 41.3 Å². The fourth-order valence-electron chi connectivity index (χ4n) is 2.02. The van der Waals surface area contributed by atoms with Gasteiger partial charge in [0.1, 0.15) is 0 Å². The Bertz CT molecular complexity index is 563. The van der Waals surface area contributed by atoms with Crippen molar-refractivity contribution in [2.45, 2.75) is 26.7 Å². The van der Waals surface area contributed by atoms with E-state index in [2.05, 4.69) is 17.5 Å². The average molecular weight is 244 g/mol. The molecule has 2 rings (SSSR count). The normalized spacial score (nSPS) is 12.0. The Morgan fingerprint density at radius 2 is 2.12 bits per heavy atom. The van der Waals surface area contributed by atoms with Crippen molar-refractivity contribution in [2.24, 2.45) is 0 Å². The monoisotopic (exact) mass is 244 g/mol. The number of Topliss-reactive ketones (excluding diaryl/α,β-unsaturated/α-hetero) is 1. The fraction of sp³-hybridized carbons (Fsp3) is 0.267. The number of thiophene rings is 1. The zero-order valence-electron chi connectivity index (χ0n) is 10.2. The van der Waals surface area contributed by atoms with E-state index in [4.69, 9.17) is 0 Å². The molecule has 88 valence electrons. The predicted molar refractivity (Wildman–Crippen MR) is 74.6 cm³/mol. The molecule has 2 heteroatoms. The zero-order chi connectivity index (χ0) is 12.3. The summed E-state index contributed by atoms with van der Waals surface area (Å²) in [6, 6.07) is 8.26. The second kappa shape index (κ2) is 5.28. The van der Waals surface area contributed by atoms with Crippen LogP contribution in [0.5, 0.6) is 0 Å². The van der Waals surface area contributed by atoms with Gasteiger partial charge in [-0.05, 0) is 41.3 Å². The number of benzene rings is 1. The van der Waals surface area contributed by atoms with Gasteiger partial charge < -0.3 is 0 Å². The number of rotatable bonds is 4. The first-order valence-corrected chi connectivity index (χ1v) is 6.77. The van der Waals surface area contributed by atoms with Crippen molar-refractivity contribution in [3.8, 4) is 0 Å². The summed E-state index contributed by atoms with van der Waals surface area (Å²) in [5.74, 6) is 0.249. The van der Waals surface area contributed by atoms with Crippen LogP contribution in [0.1, 0.15) is 25.8 Å². The maximum absolute atomic E-state index is 12.1. The van der Waals surface area contributed by atoms with Crippen molar-refractivity contribution in [2.75, 3.05) is 0 Å². The molecule has 0 unspecified atom stereocenters. The van der Waals surface area contributed by atoms with Crippen LogP contribution in [0.2, 0.25) is 0 Å². The molecule has 1 nitrogen and oxygen atoms in total. The van der Waals surface area contributed by atoms with E-state index < -0.39 is 0 Å². The van der Waals surface area contributed by atoms with Crippen LogP contribution in [0, 0.1) is 0 Å². The summed E-state index contributed by atoms with van der Waals surface area (Å²) in [4.78, 5) is 12.1. The van der Waals surface area contributed by atoms with Crippen LogP contribution in [-0.2, 0) is 11.2 Å². The van der Waals surface area contributed by atoms with E-state index in [9.17, 15) is 4.79 Å². The minimum absolute atomic E-state index is 0.249. The third-order valence-electron chi connectivity index (χ3n) is 3.00. The molecule has 0 bridgehead atoms. The Labute approximate surface area is 106 Å². The molecular weight excluding hydrogens is 228 g/mol. The molecule has 0 aliphatic rings. The van der Waals surface area contributed by atoms with Crippen molar-refractivity contribution in [1.29, 1.82) is 0 Å². The van der Waals surface area contributed by atoms with Gasteiger partial charge in [0.15, 0.2) is 5.78 Å². The number of hydrogen-bond donors (Lipinski definition) is 0. The molecule has 1 aromatic carbocycles. The van der Waals surface area contributed by atoms with Crippen LogP contribution in [0.4, 0.5) is 0 Å². The van der Waals surface area contributed by atoms with E-state index in [0.29, 0.717) is 6.42 Å². The molecule has 0 amide bonds. The Kier molecular flexibility index (Phi) is 3.75. The van der Waals surface area contributed by atoms with E-state index >= 15 is 0 Å². The van der Waals surface area contributed by atoms with Gasteiger partial charge in [0, 0.05) is 11.1 Å². The summed E-state index contributed by atoms with van der Waals surface area (Å²) in [5.41, 5.74) is 2.09. The van der Waals surface area contributed by atoms with Crippen molar-refractivity contribution >= 4 is 27.2 Å². The highest BCUT2D eigenvalue weighted by molar-refractivity contribution is 7.17. The van der Waals surface area contributed by atoms with Gasteiger partial charge in [0.2, 0.25) is 0 Å². The van der Waals surface area contributed by atoms with Crippen LogP contribution in [-0.4, -0.2) is 5.78 Å². The Morgan fingerprint density at radius 1 is 1.35 bits per heavy atom. The molecule has 0 aliphatic carbocycles. The lowest BCUT2D eigenvalue weighted by atomic mass is 10.0. The van der Waals surface area contributed by atoms with Gasteiger partial charge in [-0.2, -0.15) is 0 Å². The lowest BCUT2D eigenvalue weighted by Gasteiger charge is -2.02. The highest BCUT2D eigenvalue weighted by atomic mass is 32.1. The second-order valence-electron chi connectivity index (χ2n) is 4.02. The topological polar surface area (TPSA) is 17.1 Å². The number of carbonyl (C=O) groups excluding carboxylic acids is 1. The fourth-order valence-corrected chi connectivity index (χ4v) is 2.98. The van der Waals surface area contributed by atoms with E-state index in [1.807, 2.05) is 32.1 Å². The second-order valence-corrected chi connectivity index (χ2v) is 4.94. The van der Waals surface area contributed by atoms with Gasteiger partial charge in [0.25, 0.3) is 0 Å². The van der Waals surface area contributed by atoms with Crippen molar-refractivity contribution in [3.05, 3.63) is 46.9 Å². The molecule has 0 aliphatic heterocycles. The molecule has 0 saturated carbocycles. The summed E-state index contributed by atoms with van der Waals surface area (Å²) >= 11 is 1.71. The van der Waals surface area contributed by atoms with Gasteiger partial charge in [-0.25, -0.2) is 0 Å². The minimum Gasteiger partial charge on any atom is -0.294 e. The summed E-state index contributed by atoms with van der Waals surface area (Å²) in [6.07, 6.45) is 3.27. The van der Waals surface area contributed by atoms with E-state index in [-0.39, 0.29) is 5.78 Å². The molecule has 2 aromatic rings. The molecule has 0 saturated heterocycles. The smallest absolute Gasteiger partial charge is 0.162 e. The summed E-state index contributed by atoms with van der Waals surface area (Å²) in [7, 11) is 0. The maximum Gasteiger partial charge on any atom is 0.162 e. The molecule has 0 atom stereocenters. The summed E-state index contributed by atoms with van der Waals surface area (Å²) in [5, 5.41) is 3.32. The van der Waals surface area contributed by atoms with Gasteiger partial charge >= 0.3 is 0 Å². The number of allylic oxidation sites excluding steroid dienone is 2. The van der Waals surface area contributed by atoms with Crippen LogP contribution in [0.3, 0.4) is 0 Å². The lowest BCUT2D eigenvalue weighted by molar-refractivity contribution is -0.115. The molecule has 0 fully saturated rings. The first-order valence-electron chi connectivity index (χ1n) is 5.89. The van der Waals surface area contributed by atoms with E-state index in [1.54, 1.807) is 11.3 Å². The number of carbonyl (C=O) groups is 1. The SMILES string of the molecule is C/C=C(/CC)C(=O)Cc1csc2ccccc12. The molecule has 0 spiro atoms. The quantitative estimate of drug-likeness (QED) is 0.730. The number of fused-ring (bicyclic) bond motifs is 1. The predicted octanol–water partition coefficient (Wildman–Crippen LogP) is 4.37. The Balaban J connectivity index is 2.27. The molecule has 17 heavy (non-hydrogen) atoms. The molecular formula is C15H16OS. The lowest BCUT2D eigenvalue weighted by Crippen LogP contribution is -2.05. The van der Waals surface area contributed by atoms with E-state index in [0.717, 1.165) is 17.6 Å². The first kappa shape index (κ1) is 12.1. The van der Waals surface area contributed by atoms with Crippen LogP contribution in [0.25, 0.3) is 10.1 Å². The van der Waals surface area contributed by atoms with Gasteiger partial charge in [0.05, 0.1) is 0 Å². The summed E-state index contributed by atoms with van der Waals surface area (Å²) < 4.78 is 1.26. The minimum atomic E-state index is 0.249. The summed E-state index contributed by atoms with van der Waals surface area (Å²) in [6.45, 7) is 3.96. The first-order chi connectivity index (χ1) is 8.26. The van der Waals surface area contributed by atoms with Crippen LogP contribution < -0.4 is 0 Å². The molecule has 0 radical (unpaired) electrons. The van der Waals surface area contributed by atoms with Gasteiger partial charge in [-0.1, -0.05) is 31.2 Å². The third-order valence-corrected chi connectivity index (χ3v) is 4.01. The zero-order valence-corrected chi connectivity index (χ0v) is 11.0. The highest BCUT2D eigenvalue weighted by Gasteiger charge is 2.11. The van der Waals surface area contributed by atoms with Crippen molar-refractivity contribution in [3.63, 3.8) is 0 Å². The van der Waals surface area contributed by atoms with Crippen molar-refractivity contribution < 1.29 is 4.79 Å². The number of ketones is 1. The molecule has 0 N–H and O–H groups in total.